The van der Waals surface area contributed by atoms with Gasteiger partial charge in [-0.05, 0) is 69.0 Å². The molecule has 3 aliphatic heterocycles. The lowest BCUT2D eigenvalue weighted by Gasteiger charge is -2.38. The number of rotatable bonds is 15. The Morgan fingerprint density at radius 2 is 1.78 bits per heavy atom. The summed E-state index contributed by atoms with van der Waals surface area (Å²) in [6, 6.07) is 13.7. The summed E-state index contributed by atoms with van der Waals surface area (Å²) in [4.78, 5) is 49.0. The molecule has 0 radical (unpaired) electrons. The van der Waals surface area contributed by atoms with Crippen LogP contribution in [-0.2, 0) is 14.4 Å². The highest BCUT2D eigenvalue weighted by Gasteiger charge is 2.76. The van der Waals surface area contributed by atoms with Gasteiger partial charge in [-0.3, -0.25) is 14.4 Å². The first-order valence-electron chi connectivity index (χ1n) is 15.8. The zero-order valence-electron chi connectivity index (χ0n) is 26.0. The zero-order valence-corrected chi connectivity index (χ0v) is 29.2. The van der Waals surface area contributed by atoms with Crippen molar-refractivity contribution < 1.29 is 24.2 Å². The molecule has 0 aromatic heterocycles. The van der Waals surface area contributed by atoms with Gasteiger partial charge < -0.3 is 24.5 Å². The summed E-state index contributed by atoms with van der Waals surface area (Å²) in [6.45, 7) is 11.1. The Morgan fingerprint density at radius 1 is 1.09 bits per heavy atom. The molecule has 0 aliphatic carbocycles. The molecule has 3 unspecified atom stereocenters. The maximum Gasteiger partial charge on any atom is 0.251 e. The summed E-state index contributed by atoms with van der Waals surface area (Å²) in [5, 5.41) is 9.61. The van der Waals surface area contributed by atoms with Crippen molar-refractivity contribution in [1.82, 2.24) is 4.90 Å². The van der Waals surface area contributed by atoms with Gasteiger partial charge in [0.05, 0.1) is 33.9 Å². The lowest BCUT2D eigenvalue weighted by Crippen LogP contribution is -2.56. The van der Waals surface area contributed by atoms with Crippen LogP contribution in [0.2, 0.25) is 5.02 Å². The second kappa shape index (κ2) is 15.0. The van der Waals surface area contributed by atoms with Crippen LogP contribution in [-0.4, -0.2) is 81.4 Å². The summed E-state index contributed by atoms with van der Waals surface area (Å²) < 4.78 is 4.79. The van der Waals surface area contributed by atoms with Crippen LogP contribution < -0.4 is 14.5 Å². The van der Waals surface area contributed by atoms with Gasteiger partial charge in [0.1, 0.15) is 11.8 Å². The average Bonchev–Trinajstić information content (AvgIpc) is 3.64. The van der Waals surface area contributed by atoms with E-state index in [9.17, 15) is 19.5 Å². The number of carbonyl (C=O) groups is 3. The predicted molar refractivity (Wildman–Crippen MR) is 189 cm³/mol. The Kier molecular flexibility index (Phi) is 11.2. The van der Waals surface area contributed by atoms with Gasteiger partial charge in [0.25, 0.3) is 5.91 Å². The van der Waals surface area contributed by atoms with Gasteiger partial charge in [-0.2, -0.15) is 0 Å². The standard InChI is InChI=1S/C35H41BrClN3O5S/c1-4-18-38(23-14-16-24(17-15-23)45-6-3)32(42)28-29-33(43)40(20-10-7-11-21-41)31(35(29)22-25(36)30(28)46-35)34(44)39(19-5-2)27-13-9-8-12-26(27)37/h4-5,8-9,12-17,25,28-31,41H,1-2,6-7,10-11,18-22H2,3H3/t25?,28-,29+,30-,31?,35?/m1/s1. The molecule has 2 aromatic carbocycles. The quantitative estimate of drug-likeness (QED) is 0.135. The van der Waals surface area contributed by atoms with Crippen LogP contribution in [0, 0.1) is 11.8 Å². The number of nitrogens with zero attached hydrogens (tertiary/aromatic N) is 3. The second-order valence-electron chi connectivity index (χ2n) is 11.8. The van der Waals surface area contributed by atoms with E-state index in [-0.39, 0.29) is 47.5 Å². The number of alkyl halides is 1. The van der Waals surface area contributed by atoms with E-state index < -0.39 is 22.6 Å². The van der Waals surface area contributed by atoms with E-state index in [0.717, 1.165) is 0 Å². The highest BCUT2D eigenvalue weighted by molar-refractivity contribution is 9.09. The van der Waals surface area contributed by atoms with Crippen LogP contribution in [0.15, 0.2) is 73.8 Å². The molecule has 1 N–H and O–H groups in total. The number of aliphatic hydroxyl groups excluding tert-OH is 1. The monoisotopic (exact) mass is 729 g/mol. The third-order valence-electron chi connectivity index (χ3n) is 9.12. The Balaban J connectivity index is 1.55. The SMILES string of the molecule is C=CCN(C(=O)[C@H]1[C@@H]2SC3(CC2Br)C(C(=O)N(CC=C)c2ccccc2Cl)N(CCCCCO)C(=O)[C@H]13)c1ccc(OCC)cc1. The van der Waals surface area contributed by atoms with E-state index in [1.165, 1.54) is 0 Å². The molecule has 3 aliphatic rings. The molecule has 0 saturated carbocycles. The van der Waals surface area contributed by atoms with Crippen molar-refractivity contribution in [2.24, 2.45) is 11.8 Å². The van der Waals surface area contributed by atoms with Crippen LogP contribution in [0.5, 0.6) is 5.75 Å². The van der Waals surface area contributed by atoms with E-state index in [0.29, 0.717) is 61.0 Å². The van der Waals surface area contributed by atoms with E-state index in [2.05, 4.69) is 29.1 Å². The van der Waals surface area contributed by atoms with Gasteiger partial charge in [0, 0.05) is 42.0 Å². The third-order valence-corrected chi connectivity index (χ3v) is 12.7. The second-order valence-corrected chi connectivity index (χ2v) is 15.0. The molecule has 1 spiro atoms. The molecule has 6 atom stereocenters. The molecule has 46 heavy (non-hydrogen) atoms. The minimum absolute atomic E-state index is 0.0621. The number of para-hydroxylation sites is 1. The molecular formula is C35H41BrClN3O5S. The number of benzene rings is 2. The van der Waals surface area contributed by atoms with E-state index in [1.807, 2.05) is 43.3 Å². The first kappa shape index (κ1) is 34.5. The molecule has 3 amide bonds. The van der Waals surface area contributed by atoms with Gasteiger partial charge in [0.2, 0.25) is 11.8 Å². The fourth-order valence-corrected chi connectivity index (χ4v) is 11.1. The molecule has 3 saturated heterocycles. The van der Waals surface area contributed by atoms with Crippen LogP contribution in [0.4, 0.5) is 11.4 Å². The minimum Gasteiger partial charge on any atom is -0.494 e. The Hall–Kier alpha value is -2.79. The molecule has 5 rings (SSSR count). The number of hydrogen-bond acceptors (Lipinski definition) is 6. The van der Waals surface area contributed by atoms with E-state index in [4.69, 9.17) is 16.3 Å². The van der Waals surface area contributed by atoms with Crippen molar-refractivity contribution in [3.63, 3.8) is 0 Å². The van der Waals surface area contributed by atoms with Crippen molar-refractivity contribution in [3.05, 3.63) is 78.9 Å². The fraction of sp³-hybridized carbons (Fsp3) is 0.457. The number of unbranched alkanes of at least 4 members (excludes halogenated alkanes) is 2. The lowest BCUT2D eigenvalue weighted by atomic mass is 9.70. The number of thioether (sulfide) groups is 1. The number of halogens is 2. The number of hydrogen-bond donors (Lipinski definition) is 1. The van der Waals surface area contributed by atoms with Crippen LogP contribution in [0.1, 0.15) is 32.6 Å². The zero-order chi connectivity index (χ0) is 33.0. The highest BCUT2D eigenvalue weighted by atomic mass is 79.9. The predicted octanol–water partition coefficient (Wildman–Crippen LogP) is 6.10. The maximum absolute atomic E-state index is 14.8. The van der Waals surface area contributed by atoms with Crippen LogP contribution >= 0.6 is 39.3 Å². The fourth-order valence-electron chi connectivity index (χ4n) is 7.28. The maximum atomic E-state index is 14.8. The number of fused-ring (bicyclic) bond motifs is 1. The van der Waals surface area contributed by atoms with Gasteiger partial charge in [-0.25, -0.2) is 0 Å². The number of anilines is 2. The molecule has 2 aromatic rings. The molecule has 2 bridgehead atoms. The Bertz CT molecular complexity index is 1460. The first-order chi connectivity index (χ1) is 22.2. The summed E-state index contributed by atoms with van der Waals surface area (Å²) in [5.41, 5.74) is 1.24. The van der Waals surface area contributed by atoms with E-state index in [1.54, 1.807) is 50.7 Å². The number of amides is 3. The Labute approximate surface area is 288 Å². The Morgan fingerprint density at radius 3 is 2.43 bits per heavy atom. The third kappa shape index (κ3) is 6.25. The largest absolute Gasteiger partial charge is 0.494 e. The number of aliphatic hydroxyl groups is 1. The molecule has 8 nitrogen and oxygen atoms in total. The average molecular weight is 731 g/mol. The highest BCUT2D eigenvalue weighted by Crippen LogP contribution is 2.68. The normalized spacial score (nSPS) is 26.1. The van der Waals surface area contributed by atoms with Crippen molar-refractivity contribution in [2.45, 2.75) is 53.5 Å². The summed E-state index contributed by atoms with van der Waals surface area (Å²) >= 11 is 12.1. The summed E-state index contributed by atoms with van der Waals surface area (Å²) in [7, 11) is 0. The van der Waals surface area contributed by atoms with Crippen LogP contribution in [0.3, 0.4) is 0 Å². The first-order valence-corrected chi connectivity index (χ1v) is 18.0. The topological polar surface area (TPSA) is 90.4 Å². The van der Waals surface area contributed by atoms with Crippen molar-refractivity contribution >= 4 is 68.4 Å². The van der Waals surface area contributed by atoms with Crippen molar-refractivity contribution in [2.75, 3.05) is 42.6 Å². The van der Waals surface area contributed by atoms with Gasteiger partial charge in [-0.1, -0.05) is 51.8 Å². The van der Waals surface area contributed by atoms with Crippen LogP contribution in [0.25, 0.3) is 0 Å². The number of carbonyl (C=O) groups excluding carboxylic acids is 3. The van der Waals surface area contributed by atoms with Gasteiger partial charge in [0.15, 0.2) is 0 Å². The summed E-state index contributed by atoms with van der Waals surface area (Å²) in [5.74, 6) is -1.18. The molecular weight excluding hydrogens is 690 g/mol. The number of ether oxygens (including phenoxy) is 1. The molecule has 3 heterocycles. The molecule has 246 valence electrons. The molecule has 11 heteroatoms. The lowest BCUT2D eigenvalue weighted by molar-refractivity contribution is -0.139. The smallest absolute Gasteiger partial charge is 0.251 e. The van der Waals surface area contributed by atoms with E-state index >= 15 is 0 Å². The molecule has 3 fully saturated rings. The van der Waals surface area contributed by atoms with Gasteiger partial charge in [-0.15, -0.1) is 24.9 Å². The van der Waals surface area contributed by atoms with Crippen molar-refractivity contribution in [3.8, 4) is 5.75 Å². The van der Waals surface area contributed by atoms with Gasteiger partial charge >= 0.3 is 0 Å². The number of likely N-dealkylation sites (tertiary alicyclic amines) is 1. The van der Waals surface area contributed by atoms with Crippen molar-refractivity contribution in [1.29, 1.82) is 0 Å². The minimum atomic E-state index is -0.816. The summed E-state index contributed by atoms with van der Waals surface area (Å²) in [6.07, 6.45) is 5.86.